The van der Waals surface area contributed by atoms with Crippen LogP contribution in [0.25, 0.3) is 0 Å². The molecule has 1 heterocycles. The van der Waals surface area contributed by atoms with Crippen molar-refractivity contribution in [2.24, 2.45) is 0 Å². The Morgan fingerprint density at radius 3 is 1.79 bits per heavy atom. The van der Waals surface area contributed by atoms with Crippen molar-refractivity contribution >= 4 is 39.1 Å². The van der Waals surface area contributed by atoms with E-state index in [4.69, 9.17) is 9.47 Å². The third-order valence-electron chi connectivity index (χ3n) is 5.00. The van der Waals surface area contributed by atoms with Crippen LogP contribution in [0.3, 0.4) is 0 Å². The molecule has 0 aromatic heterocycles. The number of rotatable bonds is 8. The Morgan fingerprint density at radius 1 is 1.00 bits per heavy atom. The van der Waals surface area contributed by atoms with Crippen LogP contribution in [0.5, 0.6) is 0 Å². The first-order chi connectivity index (χ1) is 12.6. The average Bonchev–Trinajstić information content (AvgIpc) is 2.60. The van der Waals surface area contributed by atoms with Gasteiger partial charge in [-0.3, -0.25) is 19.2 Å². The molecule has 28 heavy (non-hydrogen) atoms. The van der Waals surface area contributed by atoms with Gasteiger partial charge in [0.2, 0.25) is 11.2 Å². The molecular weight excluding hydrogens is 444 g/mol. The Labute approximate surface area is 169 Å². The number of carbonyl (C=O) groups is 4. The molecule has 0 spiro atoms. The van der Waals surface area contributed by atoms with Gasteiger partial charge in [-0.25, -0.2) is 0 Å². The molecule has 0 saturated carbocycles. The van der Waals surface area contributed by atoms with E-state index in [0.29, 0.717) is 0 Å². The van der Waals surface area contributed by atoms with Crippen LogP contribution in [0.15, 0.2) is 0 Å². The van der Waals surface area contributed by atoms with Crippen molar-refractivity contribution in [3.8, 4) is 0 Å². The third-order valence-corrected chi connectivity index (χ3v) is 5.87. The molecule has 1 aliphatic rings. The molecule has 10 nitrogen and oxygen atoms in total. The maximum absolute atomic E-state index is 12.4. The molecule has 0 amide bonds. The van der Waals surface area contributed by atoms with Crippen LogP contribution in [0.2, 0.25) is 0 Å². The van der Waals surface area contributed by atoms with Crippen LogP contribution in [0.4, 0.5) is 0 Å². The van der Waals surface area contributed by atoms with Crippen molar-refractivity contribution in [3.05, 3.63) is 0 Å². The zero-order valence-electron chi connectivity index (χ0n) is 16.1. The molecule has 0 aromatic carbocycles. The molecular formula is C17H25BrO10. The van der Waals surface area contributed by atoms with Crippen LogP contribution >= 0.6 is 15.9 Å². The molecule has 11 heteroatoms. The maximum atomic E-state index is 12.4. The van der Waals surface area contributed by atoms with Gasteiger partial charge in [0.25, 0.3) is 0 Å². The molecule has 1 fully saturated rings. The minimum absolute atomic E-state index is 0.281. The van der Waals surface area contributed by atoms with E-state index >= 15 is 0 Å². The lowest BCUT2D eigenvalue weighted by Crippen LogP contribution is -2.87. The van der Waals surface area contributed by atoms with E-state index < -0.39 is 63.4 Å². The molecule has 1 rings (SSSR count). The van der Waals surface area contributed by atoms with Crippen molar-refractivity contribution in [1.29, 1.82) is 0 Å². The van der Waals surface area contributed by atoms with Gasteiger partial charge in [0.15, 0.2) is 35.0 Å². The fourth-order valence-corrected chi connectivity index (χ4v) is 3.48. The van der Waals surface area contributed by atoms with Crippen molar-refractivity contribution in [3.63, 3.8) is 0 Å². The zero-order chi connectivity index (χ0) is 22.2. The largest absolute Gasteiger partial charge is 0.382 e. The number of aliphatic hydroxyl groups excluding tert-OH is 1. The van der Waals surface area contributed by atoms with Gasteiger partial charge in [0.05, 0.1) is 0 Å². The Kier molecular flexibility index (Phi) is 7.44. The maximum Gasteiger partial charge on any atom is 0.213 e. The van der Waals surface area contributed by atoms with Crippen LogP contribution in [-0.2, 0) is 28.7 Å². The van der Waals surface area contributed by atoms with E-state index in [0.717, 1.165) is 27.7 Å². The number of ether oxygens (including phenoxy) is 2. The highest BCUT2D eigenvalue weighted by atomic mass is 79.9. The minimum atomic E-state index is -3.48. The van der Waals surface area contributed by atoms with Crippen LogP contribution in [0.1, 0.15) is 41.0 Å². The summed E-state index contributed by atoms with van der Waals surface area (Å²) in [5.74, 6) is -4.90. The van der Waals surface area contributed by atoms with Crippen LogP contribution < -0.4 is 0 Å². The second-order valence-corrected chi connectivity index (χ2v) is 7.83. The van der Waals surface area contributed by atoms with Gasteiger partial charge in [-0.1, -0.05) is 22.9 Å². The Bertz CT molecular complexity index is 681. The summed E-state index contributed by atoms with van der Waals surface area (Å²) in [5, 5.41) is 42.7. The summed E-state index contributed by atoms with van der Waals surface area (Å²) in [6.07, 6.45) is -6.22. The lowest BCUT2D eigenvalue weighted by molar-refractivity contribution is -0.374. The fourth-order valence-electron chi connectivity index (χ4n) is 3.29. The molecule has 0 aliphatic carbocycles. The van der Waals surface area contributed by atoms with Gasteiger partial charge in [-0.15, -0.1) is 0 Å². The Balaban J connectivity index is 3.90. The van der Waals surface area contributed by atoms with Crippen LogP contribution in [-0.4, -0.2) is 83.9 Å². The Morgan fingerprint density at radius 2 is 1.46 bits per heavy atom. The van der Waals surface area contributed by atoms with E-state index in [1.165, 1.54) is 0 Å². The van der Waals surface area contributed by atoms with E-state index in [1.54, 1.807) is 6.92 Å². The Hall–Kier alpha value is -1.08. The number of ketones is 4. The molecule has 1 aliphatic heterocycles. The molecule has 7 atom stereocenters. The lowest BCUT2D eigenvalue weighted by atomic mass is 9.60. The van der Waals surface area contributed by atoms with Crippen molar-refractivity contribution in [2.75, 3.05) is 0 Å². The number of aliphatic hydroxyl groups is 4. The van der Waals surface area contributed by atoms with Gasteiger partial charge in [0.1, 0.15) is 17.2 Å². The smallest absolute Gasteiger partial charge is 0.213 e. The molecule has 3 unspecified atom stereocenters. The predicted octanol–water partition coefficient (Wildman–Crippen LogP) is -1.23. The highest BCUT2D eigenvalue weighted by Crippen LogP contribution is 2.48. The van der Waals surface area contributed by atoms with Crippen molar-refractivity contribution < 1.29 is 49.1 Å². The van der Waals surface area contributed by atoms with Crippen molar-refractivity contribution in [1.82, 2.24) is 0 Å². The van der Waals surface area contributed by atoms with E-state index in [2.05, 4.69) is 15.9 Å². The molecule has 0 bridgehead atoms. The zero-order valence-corrected chi connectivity index (χ0v) is 17.7. The normalized spacial score (nSPS) is 37.8. The second-order valence-electron chi connectivity index (χ2n) is 6.81. The minimum Gasteiger partial charge on any atom is -0.382 e. The summed E-state index contributed by atoms with van der Waals surface area (Å²) in [6, 6.07) is 0. The van der Waals surface area contributed by atoms with Gasteiger partial charge >= 0.3 is 0 Å². The highest BCUT2D eigenvalue weighted by molar-refractivity contribution is 9.09. The number of carbonyl (C=O) groups excluding carboxylic acids is 4. The standard InChI is InChI=1S/C17H25BrO10/c1-6-11(18)27-14-16(25,9(4)21)17(26,10(5)22)15(24,8(3)20)13(28-14)12(23)7(2)19/h11-14,23-26H,6H2,1-5H3/t11?,12?,13-,14?,15-,16+,17+/m1/s1. The van der Waals surface area contributed by atoms with E-state index in [-0.39, 0.29) is 6.42 Å². The average molecular weight is 469 g/mol. The predicted molar refractivity (Wildman–Crippen MR) is 96.3 cm³/mol. The molecule has 4 N–H and O–H groups in total. The SMILES string of the molecule is CCC(Br)OC1O[C@H](C(O)C(C)=O)[C@](O)(C(C)=O)[C@@](O)(C(C)=O)[C@]1(O)C(C)=O. The summed E-state index contributed by atoms with van der Waals surface area (Å²) in [7, 11) is 0. The molecule has 160 valence electrons. The van der Waals surface area contributed by atoms with Gasteiger partial charge in [0, 0.05) is 0 Å². The summed E-state index contributed by atoms with van der Waals surface area (Å²) < 4.78 is 10.7. The fraction of sp³-hybridized carbons (Fsp3) is 0.765. The number of Topliss-reactive ketones (excluding diaryl/α,β-unsaturated/α-hetero) is 4. The van der Waals surface area contributed by atoms with Gasteiger partial charge in [-0.05, 0) is 34.1 Å². The number of hydrogen-bond donors (Lipinski definition) is 4. The quantitative estimate of drug-likeness (QED) is 0.316. The van der Waals surface area contributed by atoms with E-state index in [1.807, 2.05) is 0 Å². The first-order valence-corrected chi connectivity index (χ1v) is 9.39. The summed E-state index contributed by atoms with van der Waals surface area (Å²) in [4.78, 5) is 48.8. The summed E-state index contributed by atoms with van der Waals surface area (Å²) >= 11 is 3.08. The summed E-state index contributed by atoms with van der Waals surface area (Å²) in [6.45, 7) is 4.85. The first-order valence-electron chi connectivity index (χ1n) is 8.47. The highest BCUT2D eigenvalue weighted by Gasteiger charge is 2.79. The number of hydrogen-bond acceptors (Lipinski definition) is 10. The molecule has 0 aromatic rings. The summed E-state index contributed by atoms with van der Waals surface area (Å²) in [5.41, 5.74) is -10.0. The monoisotopic (exact) mass is 468 g/mol. The first kappa shape index (κ1) is 25.0. The molecule has 0 radical (unpaired) electrons. The van der Waals surface area contributed by atoms with Crippen molar-refractivity contribution in [2.45, 2.75) is 81.4 Å². The number of alkyl halides is 1. The van der Waals surface area contributed by atoms with E-state index in [9.17, 15) is 39.6 Å². The third kappa shape index (κ3) is 3.38. The number of halogens is 1. The lowest BCUT2D eigenvalue weighted by Gasteiger charge is -2.58. The molecule has 1 saturated heterocycles. The van der Waals surface area contributed by atoms with Gasteiger partial charge < -0.3 is 29.9 Å². The second kappa shape index (κ2) is 8.34. The van der Waals surface area contributed by atoms with Gasteiger partial charge in [-0.2, -0.15) is 0 Å². The topological polar surface area (TPSA) is 168 Å². The van der Waals surface area contributed by atoms with Crippen LogP contribution in [0, 0.1) is 0 Å².